The van der Waals surface area contributed by atoms with Gasteiger partial charge in [0.25, 0.3) is 0 Å². The van der Waals surface area contributed by atoms with Crippen LogP contribution in [-0.4, -0.2) is 18.6 Å². The van der Waals surface area contributed by atoms with Crippen molar-refractivity contribution in [2.45, 2.75) is 18.8 Å². The number of rotatable bonds is 6. The highest BCUT2D eigenvalue weighted by atomic mass is 19.1. The van der Waals surface area contributed by atoms with E-state index < -0.39 is 0 Å². The molecule has 0 radical (unpaired) electrons. The summed E-state index contributed by atoms with van der Waals surface area (Å²) in [5.41, 5.74) is 2.82. The van der Waals surface area contributed by atoms with Gasteiger partial charge in [-0.2, -0.15) is 0 Å². The molecule has 146 valence electrons. The Labute approximate surface area is 168 Å². The number of anilines is 1. The highest BCUT2D eigenvalue weighted by Gasteiger charge is 2.56. The quantitative estimate of drug-likeness (QED) is 0.460. The second-order valence-corrected chi connectivity index (χ2v) is 7.37. The third-order valence-corrected chi connectivity index (χ3v) is 5.48. The lowest BCUT2D eigenvalue weighted by molar-refractivity contribution is -0.131. The zero-order valence-electron chi connectivity index (χ0n) is 15.7. The molecule has 0 bridgehead atoms. The molecule has 2 heterocycles. The molecule has 3 aromatic rings. The maximum Gasteiger partial charge on any atom is 0.235 e. The molecule has 0 aromatic heterocycles. The minimum Gasteiger partial charge on any atom is -0.489 e. The van der Waals surface area contributed by atoms with Crippen molar-refractivity contribution in [1.82, 2.24) is 0 Å². The lowest BCUT2D eigenvalue weighted by atomic mass is 9.79. The van der Waals surface area contributed by atoms with Crippen LogP contribution < -0.4 is 9.64 Å². The largest absolute Gasteiger partial charge is 0.489 e. The number of nitrogens with zero attached hydrogens (tertiary/aromatic N) is 1. The van der Waals surface area contributed by atoms with Gasteiger partial charge < -0.3 is 14.4 Å². The molecule has 0 spiro atoms. The monoisotopic (exact) mass is 389 g/mol. The van der Waals surface area contributed by atoms with Gasteiger partial charge in [-0.05, 0) is 47.5 Å². The number of hydrogen-bond donors (Lipinski definition) is 0. The van der Waals surface area contributed by atoms with Crippen LogP contribution in [0.25, 0.3) is 0 Å². The van der Waals surface area contributed by atoms with Crippen LogP contribution in [0, 0.1) is 11.7 Å². The highest BCUT2D eigenvalue weighted by molar-refractivity contribution is 6.03. The van der Waals surface area contributed by atoms with Crippen molar-refractivity contribution >= 4 is 11.6 Å². The molecule has 0 unspecified atom stereocenters. The van der Waals surface area contributed by atoms with Gasteiger partial charge in [0.2, 0.25) is 5.91 Å². The van der Waals surface area contributed by atoms with Crippen molar-refractivity contribution in [3.63, 3.8) is 0 Å². The summed E-state index contributed by atoms with van der Waals surface area (Å²) in [6.07, 6.45) is -0.0294. The van der Waals surface area contributed by atoms with Crippen LogP contribution in [-0.2, 0) is 16.1 Å². The molecule has 5 heteroatoms. The Morgan fingerprint density at radius 2 is 1.66 bits per heavy atom. The number of carbonyl (C=O) groups excluding carboxylic acids is 1. The average Bonchev–Trinajstić information content (AvgIpc) is 3.58. The average molecular weight is 389 g/mol. The first-order chi connectivity index (χ1) is 14.2. The molecule has 1 amide bonds. The maximum absolute atomic E-state index is 13.3. The first-order valence-electron chi connectivity index (χ1n) is 9.67. The number of epoxide rings is 1. The van der Waals surface area contributed by atoms with E-state index in [9.17, 15) is 9.18 Å². The van der Waals surface area contributed by atoms with E-state index in [2.05, 4.69) is 0 Å². The topological polar surface area (TPSA) is 42.1 Å². The number of hydrogen-bond acceptors (Lipinski definition) is 3. The second-order valence-electron chi connectivity index (χ2n) is 7.37. The van der Waals surface area contributed by atoms with Crippen molar-refractivity contribution in [3.05, 3.63) is 95.8 Å². The zero-order chi connectivity index (χ0) is 19.8. The number of carbonyl (C=O) groups is 1. The molecule has 2 saturated heterocycles. The zero-order valence-corrected chi connectivity index (χ0v) is 15.7. The molecule has 2 aliphatic heterocycles. The summed E-state index contributed by atoms with van der Waals surface area (Å²) in [7, 11) is 0. The van der Waals surface area contributed by atoms with E-state index in [-0.39, 0.29) is 29.8 Å². The van der Waals surface area contributed by atoms with E-state index >= 15 is 0 Å². The van der Waals surface area contributed by atoms with Gasteiger partial charge in [-0.15, -0.1) is 0 Å². The normalized spacial score (nSPS) is 22.9. The lowest BCUT2D eigenvalue weighted by Gasteiger charge is -2.47. The van der Waals surface area contributed by atoms with E-state index in [1.165, 1.54) is 12.1 Å². The number of halogens is 1. The number of amides is 1. The fraction of sp³-hybridized carbons (Fsp3) is 0.208. The van der Waals surface area contributed by atoms with Crippen LogP contribution in [0.5, 0.6) is 5.75 Å². The molecule has 4 nitrogen and oxygen atoms in total. The number of benzene rings is 3. The smallest absolute Gasteiger partial charge is 0.235 e. The van der Waals surface area contributed by atoms with E-state index in [0.717, 1.165) is 16.9 Å². The van der Waals surface area contributed by atoms with Crippen LogP contribution in [0.3, 0.4) is 0 Å². The van der Waals surface area contributed by atoms with Crippen LogP contribution in [0.2, 0.25) is 0 Å². The molecule has 3 aromatic carbocycles. The van der Waals surface area contributed by atoms with E-state index in [1.807, 2.05) is 54.6 Å². The molecule has 5 rings (SSSR count). The highest BCUT2D eigenvalue weighted by Crippen LogP contribution is 2.48. The van der Waals surface area contributed by atoms with Gasteiger partial charge in [0, 0.05) is 5.69 Å². The lowest BCUT2D eigenvalue weighted by Crippen LogP contribution is -2.57. The SMILES string of the molecule is O=C1[C@H]([C@@H]2CO2)[C@@H](c2ccc(OCc3ccccc3)cc2)N1c1ccc(F)cc1. The minimum absolute atomic E-state index is 0.0218. The number of ether oxygens (including phenoxy) is 2. The molecule has 0 aliphatic carbocycles. The summed E-state index contributed by atoms with van der Waals surface area (Å²) in [5.74, 6) is 0.278. The van der Waals surface area contributed by atoms with Gasteiger partial charge in [0.05, 0.1) is 24.7 Å². The maximum atomic E-state index is 13.3. The summed E-state index contributed by atoms with van der Waals surface area (Å²) >= 11 is 0. The van der Waals surface area contributed by atoms with Gasteiger partial charge in [-0.25, -0.2) is 4.39 Å². The molecule has 0 N–H and O–H groups in total. The molecule has 3 atom stereocenters. The summed E-state index contributed by atoms with van der Waals surface area (Å²) in [6.45, 7) is 1.12. The fourth-order valence-corrected chi connectivity index (χ4v) is 3.88. The van der Waals surface area contributed by atoms with Gasteiger partial charge in [0.1, 0.15) is 18.2 Å². The van der Waals surface area contributed by atoms with Crippen molar-refractivity contribution in [3.8, 4) is 5.75 Å². The second kappa shape index (κ2) is 7.33. The Bertz CT molecular complexity index is 1000. The third kappa shape index (κ3) is 3.49. The van der Waals surface area contributed by atoms with Crippen molar-refractivity contribution < 1.29 is 18.7 Å². The summed E-state index contributed by atoms with van der Waals surface area (Å²) in [4.78, 5) is 14.5. The van der Waals surface area contributed by atoms with Crippen LogP contribution in [0.1, 0.15) is 17.2 Å². The predicted molar refractivity (Wildman–Crippen MR) is 107 cm³/mol. The van der Waals surface area contributed by atoms with Crippen LogP contribution >= 0.6 is 0 Å². The van der Waals surface area contributed by atoms with Crippen molar-refractivity contribution in [1.29, 1.82) is 0 Å². The Morgan fingerprint density at radius 1 is 0.966 bits per heavy atom. The van der Waals surface area contributed by atoms with Gasteiger partial charge in [-0.3, -0.25) is 4.79 Å². The Kier molecular flexibility index (Phi) is 4.52. The van der Waals surface area contributed by atoms with Crippen LogP contribution in [0.15, 0.2) is 78.9 Å². The first kappa shape index (κ1) is 17.9. The van der Waals surface area contributed by atoms with Gasteiger partial charge in [0.15, 0.2) is 0 Å². The Balaban J connectivity index is 1.35. The van der Waals surface area contributed by atoms with E-state index in [0.29, 0.717) is 18.9 Å². The standard InChI is InChI=1S/C24H20FNO3/c25-18-8-10-19(11-9-18)26-23(22(24(26)27)21-15-29-21)17-6-12-20(13-7-17)28-14-16-4-2-1-3-5-16/h1-13,21-23H,14-15H2/t21-,22+,23+/m0/s1. The van der Waals surface area contributed by atoms with Gasteiger partial charge >= 0.3 is 0 Å². The third-order valence-electron chi connectivity index (χ3n) is 5.48. The molecular weight excluding hydrogens is 369 g/mol. The summed E-state index contributed by atoms with van der Waals surface area (Å²) < 4.78 is 24.6. The summed E-state index contributed by atoms with van der Waals surface area (Å²) in [6, 6.07) is 23.7. The fourth-order valence-electron chi connectivity index (χ4n) is 3.88. The van der Waals surface area contributed by atoms with Crippen molar-refractivity contribution in [2.24, 2.45) is 5.92 Å². The van der Waals surface area contributed by atoms with Crippen LogP contribution in [0.4, 0.5) is 10.1 Å². The Hall–Kier alpha value is -3.18. The summed E-state index contributed by atoms with van der Waals surface area (Å²) in [5, 5.41) is 0. The molecule has 0 saturated carbocycles. The minimum atomic E-state index is -0.319. The van der Waals surface area contributed by atoms with E-state index in [1.54, 1.807) is 17.0 Å². The van der Waals surface area contributed by atoms with Gasteiger partial charge in [-0.1, -0.05) is 42.5 Å². The van der Waals surface area contributed by atoms with Crippen molar-refractivity contribution in [2.75, 3.05) is 11.5 Å². The molecular formula is C24H20FNO3. The molecule has 2 fully saturated rings. The molecule has 29 heavy (non-hydrogen) atoms. The predicted octanol–water partition coefficient (Wildman–Crippen LogP) is 4.51. The Morgan fingerprint density at radius 3 is 2.31 bits per heavy atom. The first-order valence-corrected chi connectivity index (χ1v) is 9.67. The molecule has 2 aliphatic rings. The van der Waals surface area contributed by atoms with E-state index in [4.69, 9.17) is 9.47 Å². The number of β-lactam (4-membered cyclic amide) rings is 1.